The van der Waals surface area contributed by atoms with Gasteiger partial charge in [0.15, 0.2) is 0 Å². The zero-order chi connectivity index (χ0) is 19.6. The van der Waals surface area contributed by atoms with E-state index >= 15 is 0 Å². The van der Waals surface area contributed by atoms with E-state index in [9.17, 15) is 4.79 Å². The minimum atomic E-state index is -0.251. The Morgan fingerprint density at radius 2 is 1.90 bits per heavy atom. The number of hydrogen-bond acceptors (Lipinski definition) is 5. The number of amides is 1. The molecular formula is C22H15N5OS. The topological polar surface area (TPSA) is 72.7 Å². The lowest BCUT2D eigenvalue weighted by Crippen LogP contribution is -2.12. The molecule has 140 valence electrons. The molecule has 2 aromatic carbocycles. The average molecular weight is 397 g/mol. The number of nitrogens with one attached hydrogen (secondary N) is 1. The summed E-state index contributed by atoms with van der Waals surface area (Å²) in [6, 6.07) is 19.3. The third-order valence-electron chi connectivity index (χ3n) is 4.48. The molecule has 6 nitrogen and oxygen atoms in total. The molecular weight excluding hydrogens is 382 g/mol. The molecule has 0 unspecified atom stereocenters. The second kappa shape index (κ2) is 7.29. The van der Waals surface area contributed by atoms with Crippen LogP contribution in [-0.4, -0.2) is 25.7 Å². The summed E-state index contributed by atoms with van der Waals surface area (Å²) in [4.78, 5) is 21.5. The molecule has 0 atom stereocenters. The minimum absolute atomic E-state index is 0.251. The first kappa shape index (κ1) is 17.3. The van der Waals surface area contributed by atoms with Crippen LogP contribution in [0.3, 0.4) is 0 Å². The van der Waals surface area contributed by atoms with Gasteiger partial charge in [-0.2, -0.15) is 5.10 Å². The van der Waals surface area contributed by atoms with E-state index in [1.165, 1.54) is 11.3 Å². The fourth-order valence-corrected chi connectivity index (χ4v) is 3.84. The Bertz CT molecular complexity index is 1300. The van der Waals surface area contributed by atoms with Crippen LogP contribution in [0.15, 0.2) is 84.6 Å². The van der Waals surface area contributed by atoms with Crippen LogP contribution in [0, 0.1) is 0 Å². The van der Waals surface area contributed by atoms with Crippen molar-refractivity contribution >= 4 is 33.8 Å². The standard InChI is InChI=1S/C22H15N5OS/c28-21(25-19-10-4-9-18-17(19)8-5-11-23-18)20-14-29-22(26-20)15-12-24-27(13-15)16-6-2-1-3-7-16/h1-14H,(H,25,28). The van der Waals surface area contributed by atoms with Gasteiger partial charge >= 0.3 is 0 Å². The molecule has 0 spiro atoms. The van der Waals surface area contributed by atoms with Crippen molar-refractivity contribution in [1.29, 1.82) is 0 Å². The molecule has 0 aliphatic carbocycles. The molecule has 0 radical (unpaired) electrons. The van der Waals surface area contributed by atoms with E-state index in [0.29, 0.717) is 11.4 Å². The normalized spacial score (nSPS) is 10.9. The van der Waals surface area contributed by atoms with E-state index < -0.39 is 0 Å². The minimum Gasteiger partial charge on any atom is -0.320 e. The predicted octanol–water partition coefficient (Wildman–Crippen LogP) is 4.80. The second-order valence-electron chi connectivity index (χ2n) is 6.38. The molecule has 0 aliphatic rings. The maximum atomic E-state index is 12.7. The monoisotopic (exact) mass is 397 g/mol. The summed E-state index contributed by atoms with van der Waals surface area (Å²) in [7, 11) is 0. The SMILES string of the molecule is O=C(Nc1cccc2ncccc12)c1csc(-c2cnn(-c3ccccc3)c2)n1. The van der Waals surface area contributed by atoms with Gasteiger partial charge in [-0.1, -0.05) is 24.3 Å². The largest absolute Gasteiger partial charge is 0.320 e. The number of hydrogen-bond donors (Lipinski definition) is 1. The first-order valence-corrected chi connectivity index (χ1v) is 9.87. The third-order valence-corrected chi connectivity index (χ3v) is 5.37. The number of fused-ring (bicyclic) bond motifs is 1. The van der Waals surface area contributed by atoms with Crippen molar-refractivity contribution in [2.45, 2.75) is 0 Å². The van der Waals surface area contributed by atoms with E-state index in [0.717, 1.165) is 27.2 Å². The van der Waals surface area contributed by atoms with Crippen molar-refractivity contribution in [2.75, 3.05) is 5.32 Å². The van der Waals surface area contributed by atoms with Crippen LogP contribution in [0.25, 0.3) is 27.2 Å². The van der Waals surface area contributed by atoms with E-state index in [4.69, 9.17) is 0 Å². The summed E-state index contributed by atoms with van der Waals surface area (Å²) in [6.45, 7) is 0. The summed E-state index contributed by atoms with van der Waals surface area (Å²) in [5.74, 6) is -0.251. The number of para-hydroxylation sites is 1. The van der Waals surface area contributed by atoms with Crippen LogP contribution in [0.1, 0.15) is 10.5 Å². The zero-order valence-electron chi connectivity index (χ0n) is 15.2. The molecule has 29 heavy (non-hydrogen) atoms. The van der Waals surface area contributed by atoms with Crippen LogP contribution < -0.4 is 5.32 Å². The van der Waals surface area contributed by atoms with Crippen LogP contribution in [0.2, 0.25) is 0 Å². The molecule has 0 bridgehead atoms. The van der Waals surface area contributed by atoms with E-state index in [-0.39, 0.29) is 5.91 Å². The quantitative estimate of drug-likeness (QED) is 0.473. The Labute approximate surface area is 170 Å². The smallest absolute Gasteiger partial charge is 0.275 e. The van der Waals surface area contributed by atoms with Gasteiger partial charge in [-0.3, -0.25) is 9.78 Å². The van der Waals surface area contributed by atoms with Gasteiger partial charge in [-0.15, -0.1) is 11.3 Å². The van der Waals surface area contributed by atoms with E-state index in [1.54, 1.807) is 22.5 Å². The Morgan fingerprint density at radius 3 is 2.79 bits per heavy atom. The Morgan fingerprint density at radius 1 is 1.00 bits per heavy atom. The maximum absolute atomic E-state index is 12.7. The van der Waals surface area contributed by atoms with Gasteiger partial charge in [0, 0.05) is 28.7 Å². The summed E-state index contributed by atoms with van der Waals surface area (Å²) >= 11 is 1.42. The number of aromatic nitrogens is 4. The van der Waals surface area contributed by atoms with Crippen LogP contribution in [0.4, 0.5) is 5.69 Å². The highest BCUT2D eigenvalue weighted by Crippen LogP contribution is 2.26. The second-order valence-corrected chi connectivity index (χ2v) is 7.23. The van der Waals surface area contributed by atoms with E-state index in [2.05, 4.69) is 20.4 Å². The average Bonchev–Trinajstić information content (AvgIpc) is 3.45. The lowest BCUT2D eigenvalue weighted by Gasteiger charge is -2.06. The maximum Gasteiger partial charge on any atom is 0.275 e. The highest BCUT2D eigenvalue weighted by atomic mass is 32.1. The van der Waals surface area contributed by atoms with Crippen molar-refractivity contribution in [3.63, 3.8) is 0 Å². The molecule has 1 amide bonds. The molecule has 0 fully saturated rings. The molecule has 0 saturated heterocycles. The lowest BCUT2D eigenvalue weighted by molar-refractivity contribution is 0.102. The lowest BCUT2D eigenvalue weighted by atomic mass is 10.2. The first-order valence-electron chi connectivity index (χ1n) is 8.99. The number of benzene rings is 2. The molecule has 5 aromatic rings. The van der Waals surface area contributed by atoms with Crippen molar-refractivity contribution in [3.05, 3.63) is 90.3 Å². The first-order chi connectivity index (χ1) is 14.3. The van der Waals surface area contributed by atoms with Crippen molar-refractivity contribution in [3.8, 4) is 16.3 Å². The number of rotatable bonds is 4. The summed E-state index contributed by atoms with van der Waals surface area (Å²) in [6.07, 6.45) is 5.40. The molecule has 3 heterocycles. The van der Waals surface area contributed by atoms with Gasteiger partial charge in [-0.05, 0) is 36.4 Å². The van der Waals surface area contributed by atoms with Crippen LogP contribution in [0.5, 0.6) is 0 Å². The molecule has 1 N–H and O–H groups in total. The van der Waals surface area contributed by atoms with Crippen molar-refractivity contribution in [2.24, 2.45) is 0 Å². The fraction of sp³-hybridized carbons (Fsp3) is 0. The predicted molar refractivity (Wildman–Crippen MR) is 114 cm³/mol. The highest BCUT2D eigenvalue weighted by molar-refractivity contribution is 7.13. The van der Waals surface area contributed by atoms with Gasteiger partial charge in [0.25, 0.3) is 5.91 Å². The van der Waals surface area contributed by atoms with E-state index in [1.807, 2.05) is 66.9 Å². The Hall–Kier alpha value is -3.84. The van der Waals surface area contributed by atoms with Gasteiger partial charge in [0.1, 0.15) is 10.7 Å². The van der Waals surface area contributed by atoms with Crippen molar-refractivity contribution in [1.82, 2.24) is 19.7 Å². The number of carbonyl (C=O) groups is 1. The number of anilines is 1. The van der Waals surface area contributed by atoms with Crippen molar-refractivity contribution < 1.29 is 4.79 Å². The zero-order valence-corrected chi connectivity index (χ0v) is 16.0. The van der Waals surface area contributed by atoms with Crippen LogP contribution in [-0.2, 0) is 0 Å². The summed E-state index contributed by atoms with van der Waals surface area (Å²) in [5, 5.41) is 10.7. The number of carbonyl (C=O) groups excluding carboxylic acids is 1. The number of pyridine rings is 1. The summed E-state index contributed by atoms with van der Waals surface area (Å²) in [5.41, 5.74) is 3.76. The molecule has 0 aliphatic heterocycles. The van der Waals surface area contributed by atoms with Gasteiger partial charge < -0.3 is 5.32 Å². The summed E-state index contributed by atoms with van der Waals surface area (Å²) < 4.78 is 1.79. The van der Waals surface area contributed by atoms with Gasteiger partial charge in [0.2, 0.25) is 0 Å². The number of nitrogens with zero attached hydrogens (tertiary/aromatic N) is 4. The van der Waals surface area contributed by atoms with Gasteiger partial charge in [-0.25, -0.2) is 9.67 Å². The fourth-order valence-electron chi connectivity index (χ4n) is 3.06. The Kier molecular flexibility index (Phi) is 4.34. The third kappa shape index (κ3) is 3.39. The van der Waals surface area contributed by atoms with Crippen LogP contribution >= 0.6 is 11.3 Å². The molecule has 3 aromatic heterocycles. The molecule has 0 saturated carbocycles. The van der Waals surface area contributed by atoms with Gasteiger partial charge in [0.05, 0.1) is 23.1 Å². The molecule has 5 rings (SSSR count). The molecule has 7 heteroatoms. The highest BCUT2D eigenvalue weighted by Gasteiger charge is 2.14. The number of thiazole rings is 1. The Balaban J connectivity index is 1.39.